The summed E-state index contributed by atoms with van der Waals surface area (Å²) in [5, 5.41) is 9.35. The third-order valence-electron chi connectivity index (χ3n) is 3.95. The van der Waals surface area contributed by atoms with Crippen molar-refractivity contribution >= 4 is 29.3 Å². The van der Waals surface area contributed by atoms with Gasteiger partial charge in [-0.3, -0.25) is 9.69 Å². The Bertz CT molecular complexity index is 888. The van der Waals surface area contributed by atoms with Gasteiger partial charge in [-0.05, 0) is 24.1 Å². The summed E-state index contributed by atoms with van der Waals surface area (Å²) >= 11 is 1.23. The minimum Gasteiger partial charge on any atom is -0.465 e. The fraction of sp³-hybridized carbons (Fsp3) is 0.150. The quantitative estimate of drug-likeness (QED) is 0.473. The van der Waals surface area contributed by atoms with Crippen LogP contribution in [0.15, 0.2) is 71.3 Å². The average molecular weight is 364 g/mol. The Balaban J connectivity index is 2.03. The van der Waals surface area contributed by atoms with Crippen LogP contribution < -0.4 is 4.90 Å². The maximum absolute atomic E-state index is 13.1. The highest BCUT2D eigenvalue weighted by Crippen LogP contribution is 2.41. The van der Waals surface area contributed by atoms with Gasteiger partial charge in [0, 0.05) is 5.69 Å². The molecule has 26 heavy (non-hydrogen) atoms. The lowest BCUT2D eigenvalue weighted by Gasteiger charge is -2.18. The van der Waals surface area contributed by atoms with E-state index < -0.39 is 11.2 Å². The highest BCUT2D eigenvalue weighted by Gasteiger charge is 2.40. The van der Waals surface area contributed by atoms with Crippen molar-refractivity contribution in [2.45, 2.75) is 11.7 Å². The van der Waals surface area contributed by atoms with E-state index in [-0.39, 0.29) is 11.5 Å². The number of rotatable bonds is 4. The maximum Gasteiger partial charge on any atom is 0.351 e. The second-order valence-corrected chi connectivity index (χ2v) is 6.78. The molecule has 1 amide bonds. The lowest BCUT2D eigenvalue weighted by atomic mass is 10.1. The third kappa shape index (κ3) is 3.48. The Morgan fingerprint density at radius 1 is 1.15 bits per heavy atom. The topological polar surface area (TPSA) is 70.4 Å². The second kappa shape index (κ2) is 7.89. The molecule has 0 aliphatic carbocycles. The Kier molecular flexibility index (Phi) is 5.40. The SMILES string of the molecule is COC(=O)/C(C#N)=C1/S[C@H](Cc2ccccc2)C(=O)N1c1ccccc1. The van der Waals surface area contributed by atoms with Crippen LogP contribution in [0, 0.1) is 11.3 Å². The predicted octanol–water partition coefficient (Wildman–Crippen LogP) is 3.29. The molecule has 2 aromatic carbocycles. The highest BCUT2D eigenvalue weighted by molar-refractivity contribution is 8.05. The van der Waals surface area contributed by atoms with Crippen molar-refractivity contribution < 1.29 is 14.3 Å². The van der Waals surface area contributed by atoms with Crippen molar-refractivity contribution in [3.8, 4) is 6.07 Å². The summed E-state index contributed by atoms with van der Waals surface area (Å²) in [5.74, 6) is -0.902. The van der Waals surface area contributed by atoms with Gasteiger partial charge in [0.1, 0.15) is 11.1 Å². The Hall–Kier alpha value is -3.04. The molecule has 1 aliphatic rings. The van der Waals surface area contributed by atoms with Crippen LogP contribution >= 0.6 is 11.8 Å². The summed E-state index contributed by atoms with van der Waals surface area (Å²) in [6, 6.07) is 20.5. The summed E-state index contributed by atoms with van der Waals surface area (Å²) in [6.07, 6.45) is 0.511. The van der Waals surface area contributed by atoms with Gasteiger partial charge in [0.15, 0.2) is 5.57 Å². The van der Waals surface area contributed by atoms with E-state index in [9.17, 15) is 14.9 Å². The molecule has 1 saturated heterocycles. The molecule has 6 heteroatoms. The average Bonchev–Trinajstić information content (AvgIpc) is 2.99. The van der Waals surface area contributed by atoms with Crippen molar-refractivity contribution in [2.75, 3.05) is 12.0 Å². The van der Waals surface area contributed by atoms with E-state index in [1.807, 2.05) is 42.5 Å². The standard InChI is InChI=1S/C20H16N2O3S/c1-25-20(24)16(13-21)19-22(15-10-6-3-7-11-15)18(23)17(26-19)12-14-8-4-2-5-9-14/h2-11,17H,12H2,1H3/b19-16+/t17-/m1/s1. The van der Waals surface area contributed by atoms with Crippen LogP contribution in [-0.2, 0) is 20.7 Å². The van der Waals surface area contributed by atoms with Crippen LogP contribution in [0.5, 0.6) is 0 Å². The van der Waals surface area contributed by atoms with Gasteiger partial charge in [0.25, 0.3) is 0 Å². The molecule has 0 aromatic heterocycles. The molecule has 0 unspecified atom stereocenters. The van der Waals surface area contributed by atoms with Crippen molar-refractivity contribution in [1.29, 1.82) is 5.26 Å². The molecule has 0 N–H and O–H groups in total. The summed E-state index contributed by atoms with van der Waals surface area (Å²) in [5.41, 5.74) is 1.47. The number of nitrogens with zero attached hydrogens (tertiary/aromatic N) is 2. The van der Waals surface area contributed by atoms with Gasteiger partial charge in [-0.2, -0.15) is 5.26 Å². The van der Waals surface area contributed by atoms with Gasteiger partial charge in [-0.1, -0.05) is 60.3 Å². The number of para-hydroxylation sites is 1. The number of thioether (sulfide) groups is 1. The fourth-order valence-electron chi connectivity index (χ4n) is 2.71. The molecule has 1 fully saturated rings. The molecule has 1 atom stereocenters. The fourth-order valence-corrected chi connectivity index (χ4v) is 4.01. The van der Waals surface area contributed by atoms with E-state index in [0.717, 1.165) is 5.56 Å². The molecule has 1 aliphatic heterocycles. The Morgan fingerprint density at radius 3 is 2.35 bits per heavy atom. The lowest BCUT2D eigenvalue weighted by molar-refractivity contribution is -0.135. The second-order valence-electron chi connectivity index (χ2n) is 5.59. The molecule has 130 valence electrons. The van der Waals surface area contributed by atoms with Gasteiger partial charge < -0.3 is 4.74 Å². The van der Waals surface area contributed by atoms with Crippen LogP contribution in [0.4, 0.5) is 5.69 Å². The molecule has 1 heterocycles. The molecule has 0 bridgehead atoms. The molecule has 3 rings (SSSR count). The van der Waals surface area contributed by atoms with Crippen LogP contribution in [0.2, 0.25) is 0 Å². The first kappa shape index (κ1) is 17.8. The smallest absolute Gasteiger partial charge is 0.351 e. The minimum atomic E-state index is -0.746. The van der Waals surface area contributed by atoms with Gasteiger partial charge in [0.2, 0.25) is 5.91 Å². The summed E-state index contributed by atoms with van der Waals surface area (Å²) in [4.78, 5) is 26.5. The number of carbonyl (C=O) groups excluding carboxylic acids is 2. The molecule has 5 nitrogen and oxygen atoms in total. The predicted molar refractivity (Wildman–Crippen MR) is 100 cm³/mol. The molecular weight excluding hydrogens is 348 g/mol. The number of hydrogen-bond donors (Lipinski definition) is 0. The van der Waals surface area contributed by atoms with Crippen molar-refractivity contribution in [2.24, 2.45) is 0 Å². The number of benzene rings is 2. The lowest BCUT2D eigenvalue weighted by Crippen LogP contribution is -2.30. The number of ether oxygens (including phenoxy) is 1. The van der Waals surface area contributed by atoms with Gasteiger partial charge in [0.05, 0.1) is 12.4 Å². The summed E-state index contributed by atoms with van der Waals surface area (Å²) in [7, 11) is 1.22. The van der Waals surface area contributed by atoms with Gasteiger partial charge >= 0.3 is 5.97 Å². The zero-order valence-electron chi connectivity index (χ0n) is 14.1. The molecular formula is C20H16N2O3S. The van der Waals surface area contributed by atoms with Crippen molar-refractivity contribution in [3.05, 3.63) is 76.8 Å². The van der Waals surface area contributed by atoms with Crippen LogP contribution in [0.3, 0.4) is 0 Å². The van der Waals surface area contributed by atoms with Gasteiger partial charge in [-0.25, -0.2) is 4.79 Å². The molecule has 2 aromatic rings. The number of esters is 1. The van der Waals surface area contributed by atoms with Crippen LogP contribution in [0.1, 0.15) is 5.56 Å². The first-order valence-electron chi connectivity index (χ1n) is 7.98. The maximum atomic E-state index is 13.1. The molecule has 0 spiro atoms. The largest absolute Gasteiger partial charge is 0.465 e. The van der Waals surface area contributed by atoms with E-state index in [1.165, 1.54) is 23.8 Å². The summed E-state index contributed by atoms with van der Waals surface area (Å²) < 4.78 is 4.72. The molecule has 0 saturated carbocycles. The Labute approximate surface area is 155 Å². The zero-order valence-corrected chi connectivity index (χ0v) is 14.9. The van der Waals surface area contributed by atoms with Crippen molar-refractivity contribution in [1.82, 2.24) is 0 Å². The minimum absolute atomic E-state index is 0.156. The number of anilines is 1. The van der Waals surface area contributed by atoms with E-state index >= 15 is 0 Å². The van der Waals surface area contributed by atoms with Crippen LogP contribution in [0.25, 0.3) is 0 Å². The molecule has 0 radical (unpaired) electrons. The Morgan fingerprint density at radius 2 is 1.77 bits per heavy atom. The zero-order chi connectivity index (χ0) is 18.5. The highest BCUT2D eigenvalue weighted by atomic mass is 32.2. The van der Waals surface area contributed by atoms with E-state index in [0.29, 0.717) is 17.1 Å². The van der Waals surface area contributed by atoms with E-state index in [1.54, 1.807) is 24.3 Å². The number of carbonyl (C=O) groups is 2. The van der Waals surface area contributed by atoms with Crippen molar-refractivity contribution in [3.63, 3.8) is 0 Å². The van der Waals surface area contributed by atoms with Crippen LogP contribution in [-0.4, -0.2) is 24.2 Å². The van der Waals surface area contributed by atoms with E-state index in [4.69, 9.17) is 4.74 Å². The number of hydrogen-bond acceptors (Lipinski definition) is 5. The normalized spacial score (nSPS) is 18.4. The first-order valence-corrected chi connectivity index (χ1v) is 8.86. The third-order valence-corrected chi connectivity index (χ3v) is 5.21. The first-order chi connectivity index (χ1) is 12.7. The number of methoxy groups -OCH3 is 1. The number of nitriles is 1. The summed E-state index contributed by atoms with van der Waals surface area (Å²) in [6.45, 7) is 0. The monoisotopic (exact) mass is 364 g/mol. The number of amides is 1. The van der Waals surface area contributed by atoms with E-state index in [2.05, 4.69) is 0 Å². The van der Waals surface area contributed by atoms with Gasteiger partial charge in [-0.15, -0.1) is 0 Å².